The van der Waals surface area contributed by atoms with Gasteiger partial charge < -0.3 is 9.80 Å². The van der Waals surface area contributed by atoms with E-state index in [0.29, 0.717) is 19.0 Å². The minimum absolute atomic E-state index is 0.0933. The van der Waals surface area contributed by atoms with E-state index in [9.17, 15) is 9.59 Å². The van der Waals surface area contributed by atoms with Crippen molar-refractivity contribution in [1.82, 2.24) is 9.80 Å². The van der Waals surface area contributed by atoms with Crippen LogP contribution in [0.5, 0.6) is 0 Å². The highest BCUT2D eigenvalue weighted by molar-refractivity contribution is 7.98. The third kappa shape index (κ3) is 4.43. The summed E-state index contributed by atoms with van der Waals surface area (Å²) in [6.45, 7) is 5.20. The molecule has 0 aliphatic carbocycles. The van der Waals surface area contributed by atoms with Gasteiger partial charge in [-0.05, 0) is 56.6 Å². The van der Waals surface area contributed by atoms with Crippen molar-refractivity contribution >= 4 is 23.6 Å². The lowest BCUT2D eigenvalue weighted by molar-refractivity contribution is -0.136. The Labute approximate surface area is 161 Å². The van der Waals surface area contributed by atoms with Gasteiger partial charge in [-0.1, -0.05) is 18.9 Å². The normalized spacial score (nSPS) is 19.3. The lowest BCUT2D eigenvalue weighted by Crippen LogP contribution is -2.44. The molecule has 0 bridgehead atoms. The van der Waals surface area contributed by atoms with Crippen LogP contribution in [0.4, 0.5) is 0 Å². The van der Waals surface area contributed by atoms with Crippen LogP contribution < -0.4 is 0 Å². The Morgan fingerprint density at radius 1 is 0.962 bits per heavy atom. The second-order valence-corrected chi connectivity index (χ2v) is 8.37. The van der Waals surface area contributed by atoms with E-state index in [4.69, 9.17) is 0 Å². The molecule has 2 aliphatic heterocycles. The Hall–Kier alpha value is -1.49. The van der Waals surface area contributed by atoms with Gasteiger partial charge in [0.05, 0.1) is 0 Å². The van der Waals surface area contributed by atoms with Gasteiger partial charge in [0.2, 0.25) is 5.91 Å². The molecule has 0 spiro atoms. The average molecular weight is 375 g/mol. The van der Waals surface area contributed by atoms with Crippen LogP contribution in [0, 0.1) is 12.8 Å². The Morgan fingerprint density at radius 3 is 2.23 bits per heavy atom. The molecule has 142 valence electrons. The van der Waals surface area contributed by atoms with E-state index in [-0.39, 0.29) is 11.8 Å². The van der Waals surface area contributed by atoms with Crippen molar-refractivity contribution in [3.63, 3.8) is 0 Å². The maximum Gasteiger partial charge on any atom is 0.254 e. The number of piperidine rings is 1. The van der Waals surface area contributed by atoms with Crippen LogP contribution >= 0.6 is 11.8 Å². The number of thioether (sulfide) groups is 1. The zero-order chi connectivity index (χ0) is 18.5. The van der Waals surface area contributed by atoms with E-state index < -0.39 is 0 Å². The van der Waals surface area contributed by atoms with E-state index in [1.54, 1.807) is 11.8 Å². The summed E-state index contributed by atoms with van der Waals surface area (Å²) in [5, 5.41) is 0. The molecule has 1 aromatic rings. The highest BCUT2D eigenvalue weighted by atomic mass is 32.2. The summed E-state index contributed by atoms with van der Waals surface area (Å²) in [7, 11) is 0. The lowest BCUT2D eigenvalue weighted by atomic mass is 9.94. The molecule has 2 amide bonds. The Kier molecular flexibility index (Phi) is 6.63. The predicted molar refractivity (Wildman–Crippen MR) is 107 cm³/mol. The van der Waals surface area contributed by atoms with Crippen LogP contribution in [-0.4, -0.2) is 54.0 Å². The highest BCUT2D eigenvalue weighted by Gasteiger charge is 2.31. The Balaban J connectivity index is 1.59. The number of carbonyl (C=O) groups excluding carboxylic acids is 2. The first-order chi connectivity index (χ1) is 12.6. The fourth-order valence-corrected chi connectivity index (χ4v) is 4.45. The van der Waals surface area contributed by atoms with Gasteiger partial charge in [0.15, 0.2) is 0 Å². The molecule has 2 saturated heterocycles. The number of hydrogen-bond donors (Lipinski definition) is 0. The second kappa shape index (κ2) is 8.94. The summed E-state index contributed by atoms with van der Waals surface area (Å²) in [5.41, 5.74) is 1.82. The topological polar surface area (TPSA) is 40.6 Å². The largest absolute Gasteiger partial charge is 0.342 e. The zero-order valence-electron chi connectivity index (χ0n) is 16.0. The molecule has 4 nitrogen and oxygen atoms in total. The molecule has 0 N–H and O–H groups in total. The molecular weight excluding hydrogens is 344 g/mol. The van der Waals surface area contributed by atoms with Gasteiger partial charge in [0, 0.05) is 42.6 Å². The number of nitrogens with zero attached hydrogens (tertiary/aromatic N) is 2. The first-order valence-corrected chi connectivity index (χ1v) is 11.1. The maximum atomic E-state index is 12.9. The first kappa shape index (κ1) is 19.3. The number of carbonyl (C=O) groups is 2. The molecule has 0 radical (unpaired) electrons. The van der Waals surface area contributed by atoms with Crippen LogP contribution in [0.2, 0.25) is 0 Å². The van der Waals surface area contributed by atoms with Gasteiger partial charge in [-0.25, -0.2) is 0 Å². The standard InChI is InChI=1S/C21H30N2O2S/c1-16-7-8-18(26-2)15-19(16)21(25)23-13-9-17(10-14-23)20(24)22-11-5-3-4-6-12-22/h7-8,15,17H,3-6,9-14H2,1-2H3. The SMILES string of the molecule is CSc1ccc(C)c(C(=O)N2CCC(C(=O)N3CCCCCC3)CC2)c1. The monoisotopic (exact) mass is 374 g/mol. The lowest BCUT2D eigenvalue weighted by Gasteiger charge is -2.34. The molecule has 0 unspecified atom stereocenters. The molecule has 5 heteroatoms. The molecule has 1 aromatic carbocycles. The maximum absolute atomic E-state index is 12.9. The fraction of sp³-hybridized carbons (Fsp3) is 0.619. The van der Waals surface area contributed by atoms with Crippen molar-refractivity contribution < 1.29 is 9.59 Å². The van der Waals surface area contributed by atoms with Crippen molar-refractivity contribution in [3.8, 4) is 0 Å². The summed E-state index contributed by atoms with van der Waals surface area (Å²) < 4.78 is 0. The van der Waals surface area contributed by atoms with E-state index in [0.717, 1.165) is 54.8 Å². The van der Waals surface area contributed by atoms with E-state index in [1.165, 1.54) is 12.8 Å². The Morgan fingerprint density at radius 2 is 1.62 bits per heavy atom. The van der Waals surface area contributed by atoms with E-state index in [1.807, 2.05) is 30.2 Å². The van der Waals surface area contributed by atoms with E-state index in [2.05, 4.69) is 11.0 Å². The van der Waals surface area contributed by atoms with Crippen LogP contribution in [0.1, 0.15) is 54.4 Å². The minimum Gasteiger partial charge on any atom is -0.342 e. The predicted octanol–water partition coefficient (Wildman–Crippen LogP) is 3.97. The molecule has 0 aromatic heterocycles. The molecule has 2 fully saturated rings. The first-order valence-electron chi connectivity index (χ1n) is 9.83. The van der Waals surface area contributed by atoms with Crippen LogP contribution in [-0.2, 0) is 4.79 Å². The van der Waals surface area contributed by atoms with Crippen LogP contribution in [0.15, 0.2) is 23.1 Å². The summed E-state index contributed by atoms with van der Waals surface area (Å²) in [6, 6.07) is 6.08. The third-order valence-corrected chi connectivity index (χ3v) is 6.45. The highest BCUT2D eigenvalue weighted by Crippen LogP contribution is 2.25. The van der Waals surface area contributed by atoms with E-state index >= 15 is 0 Å². The van der Waals surface area contributed by atoms with Crippen molar-refractivity contribution in [2.24, 2.45) is 5.92 Å². The number of hydrogen-bond acceptors (Lipinski definition) is 3. The summed E-state index contributed by atoms with van der Waals surface area (Å²) >= 11 is 1.66. The zero-order valence-corrected chi connectivity index (χ0v) is 16.8. The van der Waals surface area contributed by atoms with Crippen molar-refractivity contribution in [2.75, 3.05) is 32.4 Å². The van der Waals surface area contributed by atoms with Crippen molar-refractivity contribution in [1.29, 1.82) is 0 Å². The molecule has 26 heavy (non-hydrogen) atoms. The number of likely N-dealkylation sites (tertiary alicyclic amines) is 2. The van der Waals surface area contributed by atoms with Crippen LogP contribution in [0.3, 0.4) is 0 Å². The minimum atomic E-state index is 0.0933. The van der Waals surface area contributed by atoms with Crippen LogP contribution in [0.25, 0.3) is 0 Å². The van der Waals surface area contributed by atoms with Gasteiger partial charge in [0.1, 0.15) is 0 Å². The molecule has 0 saturated carbocycles. The summed E-state index contributed by atoms with van der Waals surface area (Å²) in [5.74, 6) is 0.523. The van der Waals surface area contributed by atoms with Crippen molar-refractivity contribution in [2.45, 2.75) is 50.3 Å². The summed E-state index contributed by atoms with van der Waals surface area (Å²) in [4.78, 5) is 30.9. The van der Waals surface area contributed by atoms with Gasteiger partial charge in [-0.3, -0.25) is 9.59 Å². The molecular formula is C21H30N2O2S. The molecule has 2 heterocycles. The molecule has 3 rings (SSSR count). The van der Waals surface area contributed by atoms with Gasteiger partial charge in [0.25, 0.3) is 5.91 Å². The number of aryl methyl sites for hydroxylation is 1. The van der Waals surface area contributed by atoms with Gasteiger partial charge >= 0.3 is 0 Å². The third-order valence-electron chi connectivity index (χ3n) is 5.72. The molecule has 2 aliphatic rings. The quantitative estimate of drug-likeness (QED) is 0.752. The fourth-order valence-electron chi connectivity index (χ4n) is 4.01. The molecule has 0 atom stereocenters. The van der Waals surface area contributed by atoms with Gasteiger partial charge in [-0.2, -0.15) is 0 Å². The van der Waals surface area contributed by atoms with Crippen molar-refractivity contribution in [3.05, 3.63) is 29.3 Å². The number of rotatable bonds is 3. The van der Waals surface area contributed by atoms with Gasteiger partial charge in [-0.15, -0.1) is 11.8 Å². The summed E-state index contributed by atoms with van der Waals surface area (Å²) in [6.07, 6.45) is 8.36. The number of amides is 2. The Bertz CT molecular complexity index is 645. The average Bonchev–Trinajstić information content (AvgIpc) is 2.97. The second-order valence-electron chi connectivity index (χ2n) is 7.49. The smallest absolute Gasteiger partial charge is 0.254 e. The number of benzene rings is 1.